The first-order valence-electron chi connectivity index (χ1n) is 9.34. The van der Waals surface area contributed by atoms with E-state index in [2.05, 4.69) is 5.10 Å². The van der Waals surface area contributed by atoms with Gasteiger partial charge < -0.3 is 9.84 Å². The third kappa shape index (κ3) is 4.32. The van der Waals surface area contributed by atoms with Crippen molar-refractivity contribution in [1.82, 2.24) is 0 Å². The number of hydrazone groups is 1. The highest BCUT2D eigenvalue weighted by atomic mass is 35.5. The van der Waals surface area contributed by atoms with Crippen molar-refractivity contribution < 1.29 is 24.2 Å². The van der Waals surface area contributed by atoms with Crippen LogP contribution in [0.1, 0.15) is 32.5 Å². The average molecular weight is 467 g/mol. The molecule has 0 unspecified atom stereocenters. The van der Waals surface area contributed by atoms with Gasteiger partial charge in [-0.3, -0.25) is 4.79 Å². The maximum absolute atomic E-state index is 13.0. The summed E-state index contributed by atoms with van der Waals surface area (Å²) in [6.45, 7) is 1.68. The summed E-state index contributed by atoms with van der Waals surface area (Å²) in [5, 5.41) is 16.5. The number of thiophene rings is 1. The van der Waals surface area contributed by atoms with Gasteiger partial charge in [-0.05, 0) is 60.3 Å². The molecule has 32 heavy (non-hydrogen) atoms. The van der Waals surface area contributed by atoms with Crippen molar-refractivity contribution in [2.75, 3.05) is 5.01 Å². The zero-order chi connectivity index (χ0) is 22.8. The lowest BCUT2D eigenvalue weighted by Gasteiger charge is -2.13. The number of aromatic carboxylic acids is 1. The number of esters is 1. The van der Waals surface area contributed by atoms with E-state index in [0.717, 1.165) is 5.01 Å². The fourth-order valence-corrected chi connectivity index (χ4v) is 3.85. The van der Waals surface area contributed by atoms with Gasteiger partial charge in [0.1, 0.15) is 10.6 Å². The van der Waals surface area contributed by atoms with Crippen molar-refractivity contribution in [3.05, 3.63) is 86.6 Å². The predicted molar refractivity (Wildman–Crippen MR) is 123 cm³/mol. The highest BCUT2D eigenvalue weighted by Gasteiger charge is 2.29. The van der Waals surface area contributed by atoms with E-state index in [4.69, 9.17) is 16.3 Å². The molecule has 7 nitrogen and oxygen atoms in total. The van der Waals surface area contributed by atoms with Gasteiger partial charge in [0, 0.05) is 0 Å². The molecule has 1 N–H and O–H groups in total. The van der Waals surface area contributed by atoms with Crippen LogP contribution in [0.25, 0.3) is 6.08 Å². The number of anilines is 1. The van der Waals surface area contributed by atoms with Crippen LogP contribution >= 0.6 is 22.9 Å². The first-order chi connectivity index (χ1) is 15.3. The normalized spacial score (nSPS) is 14.6. The van der Waals surface area contributed by atoms with E-state index in [1.54, 1.807) is 54.8 Å². The van der Waals surface area contributed by atoms with E-state index >= 15 is 0 Å². The lowest BCUT2D eigenvalue weighted by Crippen LogP contribution is -2.21. The average Bonchev–Trinajstić information content (AvgIpc) is 3.39. The van der Waals surface area contributed by atoms with Gasteiger partial charge in [-0.25, -0.2) is 9.59 Å². The number of benzene rings is 2. The number of carboxylic acid groups (broad SMARTS) is 1. The maximum atomic E-state index is 13.0. The van der Waals surface area contributed by atoms with Crippen molar-refractivity contribution in [3.63, 3.8) is 0 Å². The Balaban J connectivity index is 1.59. The summed E-state index contributed by atoms with van der Waals surface area (Å²) in [5.74, 6) is -1.72. The standard InChI is InChI=1S/C23H15ClN2O5S/c1-13-17(21(27)26(25-13)15-7-8-19(24)18(12-15)22(28)29)11-14-4-2-5-16(10-14)31-23(30)20-6-3-9-32-20/h2-12H,1H3,(H,28,29)/b17-11+. The zero-order valence-corrected chi connectivity index (χ0v) is 18.2. The molecule has 0 fully saturated rings. The molecule has 1 aromatic heterocycles. The van der Waals surface area contributed by atoms with Crippen LogP contribution in [-0.4, -0.2) is 28.7 Å². The number of ether oxygens (including phenoxy) is 1. The molecule has 0 bridgehead atoms. The fourth-order valence-electron chi connectivity index (χ4n) is 3.05. The molecule has 160 valence electrons. The summed E-state index contributed by atoms with van der Waals surface area (Å²) < 4.78 is 5.40. The lowest BCUT2D eigenvalue weighted by atomic mass is 10.1. The predicted octanol–water partition coefficient (Wildman–Crippen LogP) is 5.13. The van der Waals surface area contributed by atoms with Crippen LogP contribution in [0.2, 0.25) is 5.02 Å². The minimum atomic E-state index is -1.20. The van der Waals surface area contributed by atoms with Crippen molar-refractivity contribution in [2.24, 2.45) is 5.10 Å². The van der Waals surface area contributed by atoms with Gasteiger partial charge >= 0.3 is 11.9 Å². The van der Waals surface area contributed by atoms with E-state index < -0.39 is 17.8 Å². The Kier molecular flexibility index (Phi) is 5.89. The van der Waals surface area contributed by atoms with Crippen molar-refractivity contribution >= 4 is 58.3 Å². The second-order valence-corrected chi connectivity index (χ2v) is 8.12. The molecule has 0 saturated heterocycles. The topological polar surface area (TPSA) is 96.3 Å². The Hall–Kier alpha value is -3.75. The summed E-state index contributed by atoms with van der Waals surface area (Å²) >= 11 is 7.20. The smallest absolute Gasteiger partial charge is 0.353 e. The summed E-state index contributed by atoms with van der Waals surface area (Å²) in [7, 11) is 0. The van der Waals surface area contributed by atoms with Gasteiger partial charge in [0.25, 0.3) is 5.91 Å². The van der Waals surface area contributed by atoms with E-state index in [0.29, 0.717) is 27.5 Å². The summed E-state index contributed by atoms with van der Waals surface area (Å²) in [6.07, 6.45) is 1.64. The lowest BCUT2D eigenvalue weighted by molar-refractivity contribution is -0.114. The second-order valence-electron chi connectivity index (χ2n) is 6.77. The van der Waals surface area contributed by atoms with Crippen LogP contribution in [0.15, 0.2) is 70.7 Å². The number of rotatable bonds is 5. The van der Waals surface area contributed by atoms with Gasteiger partial charge in [0.2, 0.25) is 0 Å². The molecular formula is C23H15ClN2O5S. The molecule has 0 atom stereocenters. The Morgan fingerprint density at radius 1 is 1.16 bits per heavy atom. The van der Waals surface area contributed by atoms with Crippen molar-refractivity contribution in [1.29, 1.82) is 0 Å². The van der Waals surface area contributed by atoms with E-state index in [-0.39, 0.29) is 16.3 Å². The number of carbonyl (C=O) groups is 3. The minimum Gasteiger partial charge on any atom is -0.478 e. The molecule has 9 heteroatoms. The van der Waals surface area contributed by atoms with Crippen LogP contribution in [0.5, 0.6) is 5.75 Å². The van der Waals surface area contributed by atoms with Gasteiger partial charge in [-0.2, -0.15) is 10.1 Å². The van der Waals surface area contributed by atoms with Crippen molar-refractivity contribution in [3.8, 4) is 5.75 Å². The number of hydrogen-bond donors (Lipinski definition) is 1. The molecule has 2 aromatic carbocycles. The number of carboxylic acids is 1. The Morgan fingerprint density at radius 2 is 1.97 bits per heavy atom. The highest BCUT2D eigenvalue weighted by Crippen LogP contribution is 2.29. The fraction of sp³-hybridized carbons (Fsp3) is 0.0435. The summed E-state index contributed by atoms with van der Waals surface area (Å²) in [6, 6.07) is 14.5. The molecule has 0 saturated carbocycles. The van der Waals surface area contributed by atoms with Gasteiger partial charge in [-0.15, -0.1) is 11.3 Å². The van der Waals surface area contributed by atoms with Crippen molar-refractivity contribution in [2.45, 2.75) is 6.92 Å². The molecule has 2 heterocycles. The number of hydrogen-bond acceptors (Lipinski definition) is 6. The second kappa shape index (κ2) is 8.78. The van der Waals surface area contributed by atoms with E-state index in [9.17, 15) is 19.5 Å². The SMILES string of the molecule is CC1=NN(c2ccc(Cl)c(C(=O)O)c2)C(=O)/C1=C/c1cccc(OC(=O)c2cccs2)c1. The molecule has 0 aliphatic carbocycles. The minimum absolute atomic E-state index is 0.0678. The largest absolute Gasteiger partial charge is 0.478 e. The van der Waals surface area contributed by atoms with Crippen LogP contribution in [0, 0.1) is 0 Å². The molecule has 1 amide bonds. The Labute approximate surface area is 191 Å². The third-order valence-corrected chi connectivity index (χ3v) is 5.77. The molecular weight excluding hydrogens is 452 g/mol. The third-order valence-electron chi connectivity index (χ3n) is 4.59. The number of carbonyl (C=O) groups excluding carboxylic acids is 2. The van der Waals surface area contributed by atoms with Crippen LogP contribution in [0.4, 0.5) is 5.69 Å². The number of amides is 1. The van der Waals surface area contributed by atoms with E-state index in [1.807, 2.05) is 0 Å². The first-order valence-corrected chi connectivity index (χ1v) is 10.6. The molecule has 3 aromatic rings. The Bertz CT molecular complexity index is 1300. The molecule has 0 spiro atoms. The molecule has 0 radical (unpaired) electrons. The van der Waals surface area contributed by atoms with Crippen LogP contribution in [0.3, 0.4) is 0 Å². The summed E-state index contributed by atoms with van der Waals surface area (Å²) in [4.78, 5) is 37.0. The molecule has 1 aliphatic rings. The number of nitrogens with zero attached hydrogens (tertiary/aromatic N) is 2. The Morgan fingerprint density at radius 3 is 2.69 bits per heavy atom. The first kappa shape index (κ1) is 21.5. The van der Waals surface area contributed by atoms with Crippen LogP contribution < -0.4 is 9.75 Å². The highest BCUT2D eigenvalue weighted by molar-refractivity contribution is 7.12. The zero-order valence-electron chi connectivity index (χ0n) is 16.6. The van der Waals surface area contributed by atoms with Gasteiger partial charge in [-0.1, -0.05) is 29.8 Å². The molecule has 1 aliphatic heterocycles. The number of halogens is 1. The van der Waals surface area contributed by atoms with Crippen LogP contribution in [-0.2, 0) is 4.79 Å². The molecule has 4 rings (SSSR count). The van der Waals surface area contributed by atoms with E-state index in [1.165, 1.54) is 29.5 Å². The van der Waals surface area contributed by atoms with Gasteiger partial charge in [0.05, 0.1) is 27.6 Å². The van der Waals surface area contributed by atoms with Gasteiger partial charge in [0.15, 0.2) is 0 Å². The summed E-state index contributed by atoms with van der Waals surface area (Å²) in [5.41, 5.74) is 1.60. The maximum Gasteiger partial charge on any atom is 0.353 e. The quantitative estimate of drug-likeness (QED) is 0.319. The monoisotopic (exact) mass is 466 g/mol.